The van der Waals surface area contributed by atoms with Gasteiger partial charge in [0, 0.05) is 5.56 Å². The van der Waals surface area contributed by atoms with Gasteiger partial charge in [0.25, 0.3) is 0 Å². The first-order valence-electron chi connectivity index (χ1n) is 8.48. The molecule has 0 saturated carbocycles. The van der Waals surface area contributed by atoms with E-state index < -0.39 is 5.25 Å². The van der Waals surface area contributed by atoms with E-state index in [1.807, 2.05) is 43.3 Å². The Bertz CT molecular complexity index is 1010. The highest BCUT2D eigenvalue weighted by atomic mass is 35.5. The third-order valence-electron chi connectivity index (χ3n) is 4.04. The molecule has 0 bridgehead atoms. The number of nitrogen functional groups attached to an aromatic ring is 1. The average Bonchev–Trinajstić information content (AvgIpc) is 3.02. The van der Waals surface area contributed by atoms with E-state index in [1.165, 1.54) is 16.4 Å². The lowest BCUT2D eigenvalue weighted by Gasteiger charge is -2.14. The van der Waals surface area contributed by atoms with Gasteiger partial charge in [0.15, 0.2) is 5.82 Å². The molecule has 146 valence electrons. The predicted octanol–water partition coefficient (Wildman–Crippen LogP) is 3.75. The summed E-state index contributed by atoms with van der Waals surface area (Å²) in [5, 5.41) is 11.6. The summed E-state index contributed by atoms with van der Waals surface area (Å²) < 4.78 is 6.64. The predicted molar refractivity (Wildman–Crippen MR) is 112 cm³/mol. The first kappa shape index (κ1) is 20.0. The minimum absolute atomic E-state index is 0.198. The van der Waals surface area contributed by atoms with Gasteiger partial charge >= 0.3 is 0 Å². The quantitative estimate of drug-likeness (QED) is 0.468. The van der Waals surface area contributed by atoms with Crippen molar-refractivity contribution < 1.29 is 9.53 Å². The molecule has 1 aromatic heterocycles. The fourth-order valence-electron chi connectivity index (χ4n) is 2.55. The first-order valence-corrected chi connectivity index (χ1v) is 9.74. The molecule has 0 aliphatic rings. The summed E-state index contributed by atoms with van der Waals surface area (Å²) >= 11 is 7.41. The molecule has 0 saturated heterocycles. The maximum absolute atomic E-state index is 12.6. The van der Waals surface area contributed by atoms with Crippen LogP contribution in [0.15, 0.2) is 47.6 Å². The second-order valence-corrected chi connectivity index (χ2v) is 7.82. The number of methoxy groups -OCH3 is 1. The zero-order chi connectivity index (χ0) is 20.3. The highest BCUT2D eigenvalue weighted by Crippen LogP contribution is 2.30. The summed E-state index contributed by atoms with van der Waals surface area (Å²) in [6.45, 7) is 3.71. The van der Waals surface area contributed by atoms with Gasteiger partial charge in [-0.1, -0.05) is 41.6 Å². The molecule has 0 unspecified atom stereocenters. The van der Waals surface area contributed by atoms with E-state index in [2.05, 4.69) is 15.5 Å². The minimum Gasteiger partial charge on any atom is -0.495 e. The number of carbonyl (C=O) groups excluding carboxylic acids is 1. The second-order valence-electron chi connectivity index (χ2n) is 6.11. The van der Waals surface area contributed by atoms with Gasteiger partial charge in [-0.25, -0.2) is 4.68 Å². The van der Waals surface area contributed by atoms with Crippen LogP contribution in [0.5, 0.6) is 5.75 Å². The van der Waals surface area contributed by atoms with Crippen LogP contribution in [0.2, 0.25) is 5.02 Å². The molecule has 2 aromatic carbocycles. The largest absolute Gasteiger partial charge is 0.495 e. The van der Waals surface area contributed by atoms with Gasteiger partial charge in [-0.2, -0.15) is 0 Å². The van der Waals surface area contributed by atoms with Crippen molar-refractivity contribution in [3.63, 3.8) is 0 Å². The van der Waals surface area contributed by atoms with Crippen LogP contribution in [0.1, 0.15) is 12.5 Å². The third kappa shape index (κ3) is 4.23. The molecule has 0 fully saturated rings. The van der Waals surface area contributed by atoms with Gasteiger partial charge in [0.05, 0.1) is 23.1 Å². The van der Waals surface area contributed by atoms with Gasteiger partial charge in [-0.05, 0) is 43.7 Å². The number of amides is 1. The molecule has 3 aromatic rings. The van der Waals surface area contributed by atoms with Crippen LogP contribution in [-0.4, -0.2) is 33.1 Å². The fraction of sp³-hybridized carbons (Fsp3) is 0.211. The van der Waals surface area contributed by atoms with Crippen molar-refractivity contribution >= 4 is 35.0 Å². The number of anilines is 1. The monoisotopic (exact) mass is 417 g/mol. The van der Waals surface area contributed by atoms with Crippen molar-refractivity contribution in [3.8, 4) is 17.1 Å². The normalized spacial score (nSPS) is 11.9. The molecular weight excluding hydrogens is 398 g/mol. The van der Waals surface area contributed by atoms with Crippen molar-refractivity contribution in [1.29, 1.82) is 0 Å². The number of ether oxygens (including phenoxy) is 1. The lowest BCUT2D eigenvalue weighted by molar-refractivity contribution is -0.115. The number of hydrogen-bond donors (Lipinski definition) is 2. The molecule has 1 heterocycles. The summed E-state index contributed by atoms with van der Waals surface area (Å²) in [7, 11) is 1.56. The van der Waals surface area contributed by atoms with Crippen LogP contribution < -0.4 is 15.9 Å². The molecule has 1 atom stereocenters. The number of hydrogen-bond acceptors (Lipinski definition) is 6. The molecule has 0 spiro atoms. The first-order chi connectivity index (χ1) is 13.4. The van der Waals surface area contributed by atoms with Crippen LogP contribution in [-0.2, 0) is 4.79 Å². The number of thioether (sulfide) groups is 1. The van der Waals surface area contributed by atoms with Crippen LogP contribution >= 0.6 is 23.4 Å². The minimum atomic E-state index is -0.462. The van der Waals surface area contributed by atoms with Crippen molar-refractivity contribution in [2.45, 2.75) is 24.3 Å². The highest BCUT2D eigenvalue weighted by Gasteiger charge is 2.21. The van der Waals surface area contributed by atoms with Gasteiger partial charge in [-0.3, -0.25) is 4.79 Å². The summed E-state index contributed by atoms with van der Waals surface area (Å²) in [4.78, 5) is 12.6. The summed E-state index contributed by atoms with van der Waals surface area (Å²) in [5.74, 6) is 6.96. The molecule has 3 rings (SSSR count). The van der Waals surface area contributed by atoms with Crippen LogP contribution in [0, 0.1) is 6.92 Å². The number of aryl methyl sites for hydroxylation is 1. The Balaban J connectivity index is 1.75. The van der Waals surface area contributed by atoms with Crippen LogP contribution in [0.25, 0.3) is 11.4 Å². The van der Waals surface area contributed by atoms with E-state index in [0.717, 1.165) is 5.56 Å². The summed E-state index contributed by atoms with van der Waals surface area (Å²) in [5.41, 5.74) is 2.31. The topological polar surface area (TPSA) is 95.1 Å². The van der Waals surface area contributed by atoms with Gasteiger partial charge in [-0.15, -0.1) is 10.2 Å². The van der Waals surface area contributed by atoms with Crippen molar-refractivity contribution in [1.82, 2.24) is 14.9 Å². The standard InChI is InChI=1S/C19H20ClN5O2S/c1-11-8-9-16(27-3)15(10-11)22-18(26)12(2)28-19-24-23-17(25(19)21)13-6-4-5-7-14(13)20/h4-10,12H,21H2,1-3H3,(H,22,26)/t12-/m0/s1. The molecule has 9 heteroatoms. The molecule has 0 aliphatic carbocycles. The SMILES string of the molecule is COc1ccc(C)cc1NC(=O)[C@H](C)Sc1nnc(-c2ccccc2Cl)n1N. The maximum atomic E-state index is 12.6. The average molecular weight is 418 g/mol. The molecule has 0 aliphatic heterocycles. The molecule has 3 N–H and O–H groups in total. The number of nitrogens with one attached hydrogen (secondary N) is 1. The van der Waals surface area contributed by atoms with E-state index >= 15 is 0 Å². The van der Waals surface area contributed by atoms with E-state index in [0.29, 0.717) is 33.0 Å². The summed E-state index contributed by atoms with van der Waals surface area (Å²) in [6.07, 6.45) is 0. The second kappa shape index (κ2) is 8.53. The van der Waals surface area contributed by atoms with Crippen LogP contribution in [0.3, 0.4) is 0 Å². The molecule has 28 heavy (non-hydrogen) atoms. The number of nitrogens with two attached hydrogens (primary N) is 1. The fourth-order valence-corrected chi connectivity index (χ4v) is 3.54. The van der Waals surface area contributed by atoms with E-state index in [9.17, 15) is 4.79 Å². The number of carbonyl (C=O) groups is 1. The molecular formula is C19H20ClN5O2S. The highest BCUT2D eigenvalue weighted by molar-refractivity contribution is 8.00. The Morgan fingerprint density at radius 3 is 2.75 bits per heavy atom. The molecule has 0 radical (unpaired) electrons. The Morgan fingerprint density at radius 1 is 1.29 bits per heavy atom. The molecule has 1 amide bonds. The van der Waals surface area contributed by atoms with Crippen molar-refractivity contribution in [2.24, 2.45) is 0 Å². The zero-order valence-electron chi connectivity index (χ0n) is 15.6. The van der Waals surface area contributed by atoms with Gasteiger partial charge < -0.3 is 15.9 Å². The number of nitrogens with zero attached hydrogens (tertiary/aromatic N) is 3. The Labute approximate surface area is 172 Å². The smallest absolute Gasteiger partial charge is 0.237 e. The Morgan fingerprint density at radius 2 is 2.04 bits per heavy atom. The Hall–Kier alpha value is -2.71. The number of rotatable bonds is 6. The van der Waals surface area contributed by atoms with E-state index in [4.69, 9.17) is 22.2 Å². The number of aromatic nitrogens is 3. The lowest BCUT2D eigenvalue weighted by atomic mass is 10.2. The lowest BCUT2D eigenvalue weighted by Crippen LogP contribution is -2.24. The third-order valence-corrected chi connectivity index (χ3v) is 5.43. The Kier molecular flexibility index (Phi) is 6.11. The molecule has 7 nitrogen and oxygen atoms in total. The van der Waals surface area contributed by atoms with Crippen molar-refractivity contribution in [2.75, 3.05) is 18.3 Å². The maximum Gasteiger partial charge on any atom is 0.237 e. The van der Waals surface area contributed by atoms with E-state index in [-0.39, 0.29) is 5.91 Å². The van der Waals surface area contributed by atoms with Crippen LogP contribution in [0.4, 0.5) is 5.69 Å². The van der Waals surface area contributed by atoms with E-state index in [1.54, 1.807) is 20.1 Å². The zero-order valence-corrected chi connectivity index (χ0v) is 17.2. The van der Waals surface area contributed by atoms with Gasteiger partial charge in [0.2, 0.25) is 11.1 Å². The summed E-state index contributed by atoms with van der Waals surface area (Å²) in [6, 6.07) is 12.8. The van der Waals surface area contributed by atoms with Gasteiger partial charge in [0.1, 0.15) is 5.75 Å². The number of halogens is 1. The number of benzene rings is 2. The van der Waals surface area contributed by atoms with Crippen molar-refractivity contribution in [3.05, 3.63) is 53.1 Å².